The summed E-state index contributed by atoms with van der Waals surface area (Å²) < 4.78 is 56.2. The fraction of sp³-hybridized carbons (Fsp3) is 0.226. The van der Waals surface area contributed by atoms with Gasteiger partial charge in [0.2, 0.25) is 17.8 Å². The second kappa shape index (κ2) is 11.7. The van der Waals surface area contributed by atoms with Gasteiger partial charge in [-0.25, -0.2) is 19.0 Å². The molecule has 0 bridgehead atoms. The molecule has 10 nitrogen and oxygen atoms in total. The maximum atomic E-state index is 14.8. The van der Waals surface area contributed by atoms with Crippen molar-refractivity contribution in [2.45, 2.75) is 38.9 Å². The van der Waals surface area contributed by atoms with Crippen LogP contribution >= 0.6 is 11.6 Å². The smallest absolute Gasteiger partial charge is 0.325 e. The third-order valence-corrected chi connectivity index (χ3v) is 7.86. The van der Waals surface area contributed by atoms with Crippen molar-refractivity contribution in [1.82, 2.24) is 25.0 Å². The summed E-state index contributed by atoms with van der Waals surface area (Å²) in [5.41, 5.74) is 0.302. The normalized spacial score (nSPS) is 13.9. The summed E-state index contributed by atoms with van der Waals surface area (Å²) in [6, 6.07) is 14.7. The highest BCUT2D eigenvalue weighted by atomic mass is 35.5. The van der Waals surface area contributed by atoms with Crippen LogP contribution in [0.3, 0.4) is 0 Å². The van der Waals surface area contributed by atoms with E-state index in [1.54, 1.807) is 47.1 Å². The standard InChI is InChI=1S/C31H25ClF4N8O2/c1-16(2)44-25-13-17(3-10-24(25)42-43-44)26-23(33)15-37-29(41-26)40-19-6-4-18(5-7-19)38-27(45)30(11-12-30)28(46)39-20-8-9-22(32)21(14-20)31(34,35)36/h3-10,13-16H,11-12H2,1-2H3,(H,38,45)(H,39,46)(H,37,40,41). The average Bonchev–Trinajstić information content (AvgIpc) is 3.72. The van der Waals surface area contributed by atoms with E-state index in [-0.39, 0.29) is 36.2 Å². The van der Waals surface area contributed by atoms with Gasteiger partial charge in [-0.1, -0.05) is 22.9 Å². The van der Waals surface area contributed by atoms with Gasteiger partial charge in [-0.05, 0) is 81.3 Å². The molecule has 1 saturated carbocycles. The molecule has 0 spiro atoms. The Kier molecular flexibility index (Phi) is 7.84. The molecule has 2 amide bonds. The van der Waals surface area contributed by atoms with E-state index in [0.29, 0.717) is 22.5 Å². The Morgan fingerprint density at radius 1 is 0.935 bits per heavy atom. The lowest BCUT2D eigenvalue weighted by atomic mass is 10.0. The number of rotatable bonds is 8. The molecule has 1 fully saturated rings. The number of nitrogens with zero attached hydrogens (tertiary/aromatic N) is 5. The second-order valence-corrected chi connectivity index (χ2v) is 11.5. The molecule has 0 atom stereocenters. The Bertz CT molecular complexity index is 1970. The Morgan fingerprint density at radius 3 is 2.24 bits per heavy atom. The average molecular weight is 653 g/mol. The van der Waals surface area contributed by atoms with E-state index in [4.69, 9.17) is 11.6 Å². The Labute approximate surface area is 264 Å². The molecular formula is C31H25ClF4N8O2. The molecular weight excluding hydrogens is 628 g/mol. The molecule has 6 rings (SSSR count). The number of halogens is 5. The first-order chi connectivity index (χ1) is 21.8. The van der Waals surface area contributed by atoms with Gasteiger partial charge in [-0.15, -0.1) is 5.10 Å². The van der Waals surface area contributed by atoms with E-state index in [1.807, 2.05) is 13.8 Å². The Balaban J connectivity index is 1.12. The first-order valence-electron chi connectivity index (χ1n) is 14.1. The number of alkyl halides is 3. The molecule has 0 aliphatic heterocycles. The largest absolute Gasteiger partial charge is 0.417 e. The molecule has 0 saturated heterocycles. The fourth-order valence-corrected chi connectivity index (χ4v) is 5.09. The minimum Gasteiger partial charge on any atom is -0.325 e. The third-order valence-electron chi connectivity index (χ3n) is 7.53. The third kappa shape index (κ3) is 6.07. The van der Waals surface area contributed by atoms with Crippen LogP contribution < -0.4 is 16.0 Å². The van der Waals surface area contributed by atoms with Crippen molar-refractivity contribution in [2.24, 2.45) is 5.41 Å². The van der Waals surface area contributed by atoms with Crippen molar-refractivity contribution in [3.05, 3.63) is 83.3 Å². The highest BCUT2D eigenvalue weighted by molar-refractivity contribution is 6.31. The zero-order valence-electron chi connectivity index (χ0n) is 24.3. The Hall–Kier alpha value is -5.11. The van der Waals surface area contributed by atoms with Crippen molar-refractivity contribution in [3.63, 3.8) is 0 Å². The number of hydrogen-bond donors (Lipinski definition) is 3. The molecule has 15 heteroatoms. The number of aromatic nitrogens is 5. The number of anilines is 4. The summed E-state index contributed by atoms with van der Waals surface area (Å²) in [4.78, 5) is 34.4. The van der Waals surface area contributed by atoms with Crippen LogP contribution in [0.1, 0.15) is 38.3 Å². The van der Waals surface area contributed by atoms with Gasteiger partial charge in [0.15, 0.2) is 5.82 Å². The second-order valence-electron chi connectivity index (χ2n) is 11.1. The number of amides is 2. The van der Waals surface area contributed by atoms with Gasteiger partial charge in [0.1, 0.15) is 16.6 Å². The van der Waals surface area contributed by atoms with Crippen LogP contribution in [0.15, 0.2) is 66.9 Å². The molecule has 3 aromatic carbocycles. The molecule has 2 heterocycles. The zero-order chi connectivity index (χ0) is 32.8. The molecule has 1 aliphatic carbocycles. The number of nitrogens with one attached hydrogen (secondary N) is 3. The number of carbonyl (C=O) groups excluding carboxylic acids is 2. The predicted octanol–water partition coefficient (Wildman–Crippen LogP) is 7.38. The summed E-state index contributed by atoms with van der Waals surface area (Å²) in [7, 11) is 0. The highest BCUT2D eigenvalue weighted by Crippen LogP contribution is 2.48. The van der Waals surface area contributed by atoms with Crippen LogP contribution in [0, 0.1) is 11.2 Å². The quantitative estimate of drug-likeness (QED) is 0.118. The minimum absolute atomic E-state index is 0.0528. The van der Waals surface area contributed by atoms with Crippen molar-refractivity contribution in [1.29, 1.82) is 0 Å². The lowest BCUT2D eigenvalue weighted by Gasteiger charge is -2.17. The van der Waals surface area contributed by atoms with Crippen molar-refractivity contribution < 1.29 is 27.2 Å². The number of benzene rings is 3. The van der Waals surface area contributed by atoms with Crippen LogP contribution in [-0.4, -0.2) is 36.8 Å². The van der Waals surface area contributed by atoms with E-state index in [9.17, 15) is 27.2 Å². The monoisotopic (exact) mass is 652 g/mol. The number of fused-ring (bicyclic) bond motifs is 1. The summed E-state index contributed by atoms with van der Waals surface area (Å²) in [5, 5.41) is 15.9. The Morgan fingerprint density at radius 2 is 1.59 bits per heavy atom. The molecule has 0 radical (unpaired) electrons. The fourth-order valence-electron chi connectivity index (χ4n) is 4.86. The summed E-state index contributed by atoms with van der Waals surface area (Å²) in [5.74, 6) is -1.78. The number of carbonyl (C=O) groups is 2. The number of hydrogen-bond acceptors (Lipinski definition) is 7. The van der Waals surface area contributed by atoms with Crippen LogP contribution in [0.5, 0.6) is 0 Å². The van der Waals surface area contributed by atoms with E-state index >= 15 is 0 Å². The van der Waals surface area contributed by atoms with Gasteiger partial charge in [0.25, 0.3) is 0 Å². The summed E-state index contributed by atoms with van der Waals surface area (Å²) in [6.45, 7) is 3.93. The SMILES string of the molecule is CC(C)n1nnc2ccc(-c3nc(Nc4ccc(NC(=O)C5(C(=O)Nc6ccc(Cl)c(C(F)(F)F)c6)CC5)cc4)ncc3F)cc21. The lowest BCUT2D eigenvalue weighted by Crippen LogP contribution is -2.35. The van der Waals surface area contributed by atoms with Crippen LogP contribution in [0.25, 0.3) is 22.3 Å². The molecule has 2 aromatic heterocycles. The van der Waals surface area contributed by atoms with Crippen molar-refractivity contribution >= 4 is 57.5 Å². The first kappa shape index (κ1) is 30.9. The van der Waals surface area contributed by atoms with Gasteiger partial charge in [0.05, 0.1) is 22.3 Å². The van der Waals surface area contributed by atoms with Gasteiger partial charge in [-0.2, -0.15) is 13.2 Å². The summed E-state index contributed by atoms with van der Waals surface area (Å²) >= 11 is 5.65. The van der Waals surface area contributed by atoms with Crippen LogP contribution in [0.4, 0.5) is 40.6 Å². The van der Waals surface area contributed by atoms with Gasteiger partial charge >= 0.3 is 6.18 Å². The zero-order valence-corrected chi connectivity index (χ0v) is 25.0. The molecule has 236 valence electrons. The summed E-state index contributed by atoms with van der Waals surface area (Å²) in [6.07, 6.45) is -3.17. The maximum Gasteiger partial charge on any atom is 0.417 e. The van der Waals surface area contributed by atoms with E-state index in [2.05, 4.69) is 36.2 Å². The van der Waals surface area contributed by atoms with E-state index in [0.717, 1.165) is 23.8 Å². The lowest BCUT2D eigenvalue weighted by molar-refractivity contribution is -0.137. The molecule has 1 aliphatic rings. The van der Waals surface area contributed by atoms with Gasteiger partial charge in [-0.3, -0.25) is 9.59 Å². The van der Waals surface area contributed by atoms with Crippen LogP contribution in [0.2, 0.25) is 5.02 Å². The van der Waals surface area contributed by atoms with E-state index in [1.165, 1.54) is 6.07 Å². The molecule has 3 N–H and O–H groups in total. The first-order valence-corrected chi connectivity index (χ1v) is 14.5. The topological polar surface area (TPSA) is 127 Å². The highest BCUT2D eigenvalue weighted by Gasteiger charge is 2.56. The van der Waals surface area contributed by atoms with E-state index < -0.39 is 39.8 Å². The van der Waals surface area contributed by atoms with Crippen molar-refractivity contribution in [3.8, 4) is 11.3 Å². The van der Waals surface area contributed by atoms with Crippen LogP contribution in [-0.2, 0) is 15.8 Å². The van der Waals surface area contributed by atoms with Crippen molar-refractivity contribution in [2.75, 3.05) is 16.0 Å². The minimum atomic E-state index is -4.70. The molecule has 5 aromatic rings. The molecule has 0 unspecified atom stereocenters. The predicted molar refractivity (Wildman–Crippen MR) is 164 cm³/mol. The molecule has 46 heavy (non-hydrogen) atoms. The van der Waals surface area contributed by atoms with Gasteiger partial charge in [0, 0.05) is 28.7 Å². The van der Waals surface area contributed by atoms with Gasteiger partial charge < -0.3 is 16.0 Å². The maximum absolute atomic E-state index is 14.8.